The quantitative estimate of drug-likeness (QED) is 0.746. The van der Waals surface area contributed by atoms with Gasteiger partial charge in [-0.15, -0.1) is 0 Å². The van der Waals surface area contributed by atoms with Crippen molar-refractivity contribution in [2.24, 2.45) is 0 Å². The zero-order valence-corrected chi connectivity index (χ0v) is 17.0. The first-order valence-electron chi connectivity index (χ1n) is 9.40. The Morgan fingerprint density at radius 2 is 2.00 bits per heavy atom. The molecule has 154 valence electrons. The van der Waals surface area contributed by atoms with Crippen molar-refractivity contribution in [2.75, 3.05) is 18.1 Å². The lowest BCUT2D eigenvalue weighted by Gasteiger charge is -2.32. The number of anilines is 1. The van der Waals surface area contributed by atoms with Crippen molar-refractivity contribution >= 4 is 27.5 Å². The predicted octanol–water partition coefficient (Wildman–Crippen LogP) is 1.76. The smallest absolute Gasteiger partial charge is 0.251 e. The zero-order valence-electron chi connectivity index (χ0n) is 16.2. The molecule has 0 aliphatic carbocycles. The normalized spacial score (nSPS) is 17.5. The Morgan fingerprint density at radius 3 is 2.72 bits per heavy atom. The summed E-state index contributed by atoms with van der Waals surface area (Å²) >= 11 is 0. The number of piperidine rings is 1. The minimum Gasteiger partial charge on any atom is -0.346 e. The average molecular weight is 417 g/mol. The van der Waals surface area contributed by atoms with Crippen molar-refractivity contribution < 1.29 is 18.0 Å². The zero-order chi connectivity index (χ0) is 20.9. The van der Waals surface area contributed by atoms with Crippen LogP contribution in [0.25, 0.3) is 0 Å². The molecule has 0 radical (unpaired) electrons. The molecule has 2 heterocycles. The fourth-order valence-corrected chi connectivity index (χ4v) is 4.43. The van der Waals surface area contributed by atoms with Gasteiger partial charge >= 0.3 is 0 Å². The molecule has 1 saturated heterocycles. The summed E-state index contributed by atoms with van der Waals surface area (Å²) in [5, 5.41) is 5.53. The number of nitrogens with zero attached hydrogens (tertiary/aromatic N) is 2. The van der Waals surface area contributed by atoms with Gasteiger partial charge in [0.25, 0.3) is 5.91 Å². The van der Waals surface area contributed by atoms with Crippen LogP contribution in [0.15, 0.2) is 48.7 Å². The van der Waals surface area contributed by atoms with Crippen LogP contribution in [-0.4, -0.2) is 48.4 Å². The van der Waals surface area contributed by atoms with Crippen molar-refractivity contribution in [1.29, 1.82) is 0 Å². The first-order chi connectivity index (χ1) is 13.8. The summed E-state index contributed by atoms with van der Waals surface area (Å²) in [4.78, 5) is 29.2. The number of sulfonamides is 1. The van der Waals surface area contributed by atoms with Gasteiger partial charge in [-0.1, -0.05) is 18.6 Å². The molecule has 2 aromatic rings. The molecule has 0 bridgehead atoms. The molecule has 8 nitrogen and oxygen atoms in total. The van der Waals surface area contributed by atoms with E-state index in [0.717, 1.165) is 24.8 Å². The second-order valence-electron chi connectivity index (χ2n) is 6.96. The summed E-state index contributed by atoms with van der Waals surface area (Å²) in [5.74, 6) is -0.677. The van der Waals surface area contributed by atoms with Crippen molar-refractivity contribution in [2.45, 2.75) is 31.8 Å². The van der Waals surface area contributed by atoms with E-state index in [9.17, 15) is 18.0 Å². The van der Waals surface area contributed by atoms with Crippen LogP contribution in [0.5, 0.6) is 0 Å². The predicted molar refractivity (Wildman–Crippen MR) is 110 cm³/mol. The van der Waals surface area contributed by atoms with E-state index < -0.39 is 16.1 Å². The van der Waals surface area contributed by atoms with E-state index in [2.05, 4.69) is 15.6 Å². The van der Waals surface area contributed by atoms with Gasteiger partial charge in [-0.25, -0.2) is 8.42 Å². The first-order valence-corrected chi connectivity index (χ1v) is 11.3. The van der Waals surface area contributed by atoms with Crippen molar-refractivity contribution in [3.63, 3.8) is 0 Å². The Balaban J connectivity index is 1.65. The molecule has 1 fully saturated rings. The first kappa shape index (κ1) is 20.9. The number of rotatable bonds is 6. The van der Waals surface area contributed by atoms with Crippen molar-refractivity contribution in [3.8, 4) is 0 Å². The lowest BCUT2D eigenvalue weighted by molar-refractivity contribution is -0.120. The molecule has 0 saturated carbocycles. The highest BCUT2D eigenvalue weighted by molar-refractivity contribution is 7.88. The van der Waals surface area contributed by atoms with Crippen LogP contribution >= 0.6 is 0 Å². The largest absolute Gasteiger partial charge is 0.346 e. The number of carbonyl (C=O) groups excluding carboxylic acids is 2. The molecule has 29 heavy (non-hydrogen) atoms. The Hall–Kier alpha value is -2.78. The molecule has 2 amide bonds. The maximum atomic E-state index is 12.7. The van der Waals surface area contributed by atoms with E-state index in [1.807, 2.05) is 12.1 Å². The van der Waals surface area contributed by atoms with Gasteiger partial charge < -0.3 is 10.6 Å². The molecule has 9 heteroatoms. The van der Waals surface area contributed by atoms with Crippen LogP contribution in [-0.2, 0) is 21.4 Å². The molecule has 0 spiro atoms. The van der Waals surface area contributed by atoms with Gasteiger partial charge in [0.1, 0.15) is 6.04 Å². The van der Waals surface area contributed by atoms with Gasteiger partial charge in [-0.3, -0.25) is 14.6 Å². The van der Waals surface area contributed by atoms with Gasteiger partial charge in [0.2, 0.25) is 15.9 Å². The van der Waals surface area contributed by atoms with Crippen molar-refractivity contribution in [1.82, 2.24) is 14.6 Å². The molecule has 1 aliphatic rings. The summed E-state index contributed by atoms with van der Waals surface area (Å²) in [5.41, 5.74) is 1.57. The van der Waals surface area contributed by atoms with E-state index in [-0.39, 0.29) is 11.8 Å². The third-order valence-electron chi connectivity index (χ3n) is 4.73. The van der Waals surface area contributed by atoms with E-state index in [4.69, 9.17) is 0 Å². The van der Waals surface area contributed by atoms with Crippen molar-refractivity contribution in [3.05, 3.63) is 59.9 Å². The highest BCUT2D eigenvalue weighted by atomic mass is 32.2. The molecule has 1 aromatic carbocycles. The summed E-state index contributed by atoms with van der Waals surface area (Å²) in [6, 6.07) is 11.3. The number of nitrogens with one attached hydrogen (secondary N) is 2. The molecule has 3 rings (SSSR count). The lowest BCUT2D eigenvalue weighted by Crippen LogP contribution is -2.49. The fraction of sp³-hybridized carbons (Fsp3) is 0.350. The van der Waals surface area contributed by atoms with Gasteiger partial charge in [-0.2, -0.15) is 4.31 Å². The maximum absolute atomic E-state index is 12.7. The van der Waals surface area contributed by atoms with Crippen LogP contribution in [0, 0.1) is 0 Å². The average Bonchev–Trinajstić information content (AvgIpc) is 2.72. The van der Waals surface area contributed by atoms with E-state index in [1.54, 1.807) is 36.5 Å². The number of amides is 2. The Labute approximate surface area is 170 Å². The monoisotopic (exact) mass is 416 g/mol. The molecule has 1 atom stereocenters. The molecular weight excluding hydrogens is 392 g/mol. The van der Waals surface area contributed by atoms with Crippen LogP contribution < -0.4 is 10.6 Å². The van der Waals surface area contributed by atoms with Crippen LogP contribution in [0.3, 0.4) is 0 Å². The van der Waals surface area contributed by atoms with Crippen LogP contribution in [0.2, 0.25) is 0 Å². The molecule has 1 unspecified atom stereocenters. The minimum absolute atomic E-state index is 0.290. The standard InChI is InChI=1S/C20H24N4O4S/c1-29(27,28)24-12-5-3-10-18(24)20(26)23-16-9-6-7-15(13-16)19(25)22-14-17-8-2-4-11-21-17/h2,4,6-9,11,13,18H,3,5,10,12,14H2,1H3,(H,22,25)(H,23,26). The SMILES string of the molecule is CS(=O)(=O)N1CCCCC1C(=O)Nc1cccc(C(=O)NCc2ccccn2)c1. The second-order valence-corrected chi connectivity index (χ2v) is 8.89. The van der Waals surface area contributed by atoms with Gasteiger partial charge in [-0.05, 0) is 43.2 Å². The van der Waals surface area contributed by atoms with Gasteiger partial charge in [0.15, 0.2) is 0 Å². The lowest BCUT2D eigenvalue weighted by atomic mass is 10.0. The van der Waals surface area contributed by atoms with E-state index in [1.165, 1.54) is 4.31 Å². The number of benzene rings is 1. The molecule has 1 aliphatic heterocycles. The summed E-state index contributed by atoms with van der Waals surface area (Å²) in [7, 11) is -3.47. The molecule has 1 aromatic heterocycles. The topological polar surface area (TPSA) is 108 Å². The number of hydrogen-bond acceptors (Lipinski definition) is 5. The number of pyridine rings is 1. The highest BCUT2D eigenvalue weighted by Crippen LogP contribution is 2.21. The Kier molecular flexibility index (Phi) is 6.60. The second kappa shape index (κ2) is 9.15. The van der Waals surface area contributed by atoms with E-state index in [0.29, 0.717) is 30.8 Å². The number of aromatic nitrogens is 1. The number of carbonyl (C=O) groups is 2. The summed E-state index contributed by atoms with van der Waals surface area (Å²) in [6.45, 7) is 0.633. The third-order valence-corrected chi connectivity index (χ3v) is 6.02. The van der Waals surface area contributed by atoms with Gasteiger partial charge in [0.05, 0.1) is 18.5 Å². The van der Waals surface area contributed by atoms with Crippen LogP contribution in [0.1, 0.15) is 35.3 Å². The fourth-order valence-electron chi connectivity index (χ4n) is 3.30. The minimum atomic E-state index is -3.47. The maximum Gasteiger partial charge on any atom is 0.251 e. The molecule has 2 N–H and O–H groups in total. The highest BCUT2D eigenvalue weighted by Gasteiger charge is 2.34. The summed E-state index contributed by atoms with van der Waals surface area (Å²) < 4.78 is 25.2. The third kappa shape index (κ3) is 5.61. The number of hydrogen-bond donors (Lipinski definition) is 2. The van der Waals surface area contributed by atoms with E-state index >= 15 is 0 Å². The Bertz CT molecular complexity index is 979. The van der Waals surface area contributed by atoms with Gasteiger partial charge in [0, 0.05) is 24.0 Å². The Morgan fingerprint density at radius 1 is 1.17 bits per heavy atom. The molecular formula is C20H24N4O4S. The van der Waals surface area contributed by atoms with Crippen LogP contribution in [0.4, 0.5) is 5.69 Å². The summed E-state index contributed by atoms with van der Waals surface area (Å²) in [6.07, 6.45) is 4.78.